The van der Waals surface area contributed by atoms with E-state index in [-0.39, 0.29) is 18.4 Å². The highest BCUT2D eigenvalue weighted by Crippen LogP contribution is 2.35. The molecule has 0 saturated heterocycles. The second-order valence-electron chi connectivity index (χ2n) is 10.8. The van der Waals surface area contributed by atoms with E-state index in [4.69, 9.17) is 13.9 Å². The molecule has 0 amide bonds. The molecule has 0 aliphatic carbocycles. The van der Waals surface area contributed by atoms with Gasteiger partial charge in [0.25, 0.3) is 0 Å². The van der Waals surface area contributed by atoms with Gasteiger partial charge in [-0.05, 0) is 48.6 Å². The van der Waals surface area contributed by atoms with Gasteiger partial charge in [-0.15, -0.1) is 0 Å². The van der Waals surface area contributed by atoms with Gasteiger partial charge in [0.2, 0.25) is 5.89 Å². The van der Waals surface area contributed by atoms with Crippen LogP contribution < -0.4 is 4.90 Å². The largest absolute Gasteiger partial charge is 0.469 e. The quantitative estimate of drug-likeness (QED) is 0.110. The second kappa shape index (κ2) is 20.0. The fourth-order valence-electron chi connectivity index (χ4n) is 5.02. The summed E-state index contributed by atoms with van der Waals surface area (Å²) in [5.41, 5.74) is 5.34. The first-order chi connectivity index (χ1) is 21.8. The smallest absolute Gasteiger partial charge is 0.337 e. The number of hydrogen-bond donors (Lipinski definition) is 0. The van der Waals surface area contributed by atoms with Crippen molar-refractivity contribution in [2.24, 2.45) is 5.92 Å². The lowest BCUT2D eigenvalue weighted by Crippen LogP contribution is -2.26. The number of anilines is 1. The first kappa shape index (κ1) is 37.1. The lowest BCUT2D eigenvalue weighted by Gasteiger charge is -2.29. The zero-order valence-electron chi connectivity index (χ0n) is 28.4. The number of hydrogen-bond acceptors (Lipinski definition) is 7. The second-order valence-corrected chi connectivity index (χ2v) is 10.8. The maximum atomic E-state index is 12.6. The Hall–Kier alpha value is -4.13. The highest BCUT2D eigenvalue weighted by atomic mass is 16.5. The van der Waals surface area contributed by atoms with Crippen molar-refractivity contribution < 1.29 is 23.5 Å². The molecule has 0 spiro atoms. The summed E-state index contributed by atoms with van der Waals surface area (Å²) in [6.45, 7) is 16.2. The molecule has 1 aromatic heterocycles. The van der Waals surface area contributed by atoms with Gasteiger partial charge >= 0.3 is 11.9 Å². The first-order valence-electron chi connectivity index (χ1n) is 16.2. The van der Waals surface area contributed by atoms with Crippen LogP contribution in [0.25, 0.3) is 17.2 Å². The topological polar surface area (TPSA) is 81.9 Å². The number of carbonyl (C=O) groups is 2. The van der Waals surface area contributed by atoms with Crippen molar-refractivity contribution in [3.63, 3.8) is 0 Å². The van der Waals surface area contributed by atoms with Crippen molar-refractivity contribution in [2.75, 3.05) is 32.2 Å². The molecule has 0 radical (unpaired) electrons. The Balaban J connectivity index is 0.00000345. The Kier molecular flexibility index (Phi) is 16.5. The van der Waals surface area contributed by atoms with Gasteiger partial charge < -0.3 is 18.8 Å². The molecule has 0 saturated carbocycles. The van der Waals surface area contributed by atoms with Crippen LogP contribution in [0.5, 0.6) is 0 Å². The number of benzene rings is 2. The van der Waals surface area contributed by atoms with Crippen molar-refractivity contribution in [3.05, 3.63) is 89.6 Å². The maximum Gasteiger partial charge on any atom is 0.337 e. The Morgan fingerprint density at radius 1 is 1.02 bits per heavy atom. The van der Waals surface area contributed by atoms with Gasteiger partial charge in [-0.3, -0.25) is 4.79 Å². The van der Waals surface area contributed by atoms with E-state index in [9.17, 15) is 9.59 Å². The van der Waals surface area contributed by atoms with Gasteiger partial charge in [-0.1, -0.05) is 96.4 Å². The highest BCUT2D eigenvalue weighted by molar-refractivity contribution is 5.93. The molecule has 0 fully saturated rings. The van der Waals surface area contributed by atoms with Crippen LogP contribution in [0.1, 0.15) is 106 Å². The van der Waals surface area contributed by atoms with Gasteiger partial charge in [-0.2, -0.15) is 0 Å². The normalized spacial score (nSPS) is 11.7. The van der Waals surface area contributed by atoms with Crippen LogP contribution in [0.4, 0.5) is 5.69 Å². The van der Waals surface area contributed by atoms with Crippen LogP contribution in [-0.2, 0) is 20.7 Å². The third kappa shape index (κ3) is 11.4. The van der Waals surface area contributed by atoms with Crippen molar-refractivity contribution in [1.82, 2.24) is 4.98 Å². The number of aromatic nitrogens is 1. The molecule has 0 aliphatic rings. The summed E-state index contributed by atoms with van der Waals surface area (Å²) in [5.74, 6) is 0.705. The van der Waals surface area contributed by atoms with Crippen molar-refractivity contribution in [2.45, 2.75) is 79.6 Å². The Labute approximate surface area is 270 Å². The minimum atomic E-state index is -0.384. The molecule has 2 aromatic carbocycles. The molecule has 7 nitrogen and oxygen atoms in total. The van der Waals surface area contributed by atoms with Crippen molar-refractivity contribution in [1.29, 1.82) is 0 Å². The Morgan fingerprint density at radius 2 is 1.76 bits per heavy atom. The number of oxazole rings is 1. The number of ether oxygens (including phenoxy) is 2. The highest BCUT2D eigenvalue weighted by Gasteiger charge is 2.21. The number of nitrogens with zero attached hydrogens (tertiary/aromatic N) is 2. The number of aryl methyl sites for hydroxylation is 1. The molecule has 45 heavy (non-hydrogen) atoms. The predicted molar refractivity (Wildman–Crippen MR) is 185 cm³/mol. The predicted octanol–water partition coefficient (Wildman–Crippen LogP) is 9.28. The summed E-state index contributed by atoms with van der Waals surface area (Å²) in [5, 5.41) is 0. The first-order valence-corrected chi connectivity index (χ1v) is 16.2. The van der Waals surface area contributed by atoms with Crippen molar-refractivity contribution in [3.8, 4) is 0 Å². The van der Waals surface area contributed by atoms with Gasteiger partial charge in [0.05, 0.1) is 32.4 Å². The molecule has 3 aromatic rings. The molecule has 0 bridgehead atoms. The van der Waals surface area contributed by atoms with E-state index in [1.165, 1.54) is 33.5 Å². The van der Waals surface area contributed by atoms with E-state index >= 15 is 0 Å². The maximum absolute atomic E-state index is 12.6. The van der Waals surface area contributed by atoms with E-state index in [0.29, 0.717) is 42.6 Å². The van der Waals surface area contributed by atoms with Gasteiger partial charge in [0.1, 0.15) is 5.76 Å². The van der Waals surface area contributed by atoms with E-state index in [1.807, 2.05) is 62.4 Å². The molecular formula is C38H52N2O5. The minimum absolute atomic E-state index is 0.215. The van der Waals surface area contributed by atoms with Crippen LogP contribution in [0, 0.1) is 5.92 Å². The molecule has 1 unspecified atom stereocenters. The number of allylic oxidation sites excluding steroid dienone is 1. The summed E-state index contributed by atoms with van der Waals surface area (Å²) in [4.78, 5) is 31.1. The average molecular weight is 617 g/mol. The van der Waals surface area contributed by atoms with E-state index < -0.39 is 0 Å². The molecule has 7 heteroatoms. The Bertz CT molecular complexity index is 1380. The molecule has 1 atom stereocenters. The van der Waals surface area contributed by atoms with Crippen LogP contribution in [0.15, 0.2) is 65.7 Å². The molecule has 0 N–H and O–H groups in total. The van der Waals surface area contributed by atoms with Gasteiger partial charge in [0.15, 0.2) is 0 Å². The number of unbranched alkanes of at least 4 members (excludes halogenated alkanes) is 3. The van der Waals surface area contributed by atoms with E-state index in [2.05, 4.69) is 43.3 Å². The number of likely N-dealkylation sites (N-methyl/N-ethyl adjacent to an activating group) is 1. The fraction of sp³-hybridized carbons (Fsp3) is 0.447. The van der Waals surface area contributed by atoms with Gasteiger partial charge in [-0.25, -0.2) is 9.78 Å². The third-order valence-corrected chi connectivity index (χ3v) is 7.71. The van der Waals surface area contributed by atoms with Crippen molar-refractivity contribution >= 4 is 34.8 Å². The monoisotopic (exact) mass is 616 g/mol. The molecular weight excluding hydrogens is 564 g/mol. The summed E-state index contributed by atoms with van der Waals surface area (Å²) >= 11 is 0. The lowest BCUT2D eigenvalue weighted by atomic mass is 9.89. The average Bonchev–Trinajstić information content (AvgIpc) is 3.56. The number of rotatable bonds is 17. The zero-order chi connectivity index (χ0) is 33.2. The van der Waals surface area contributed by atoms with Crippen LogP contribution >= 0.6 is 0 Å². The zero-order valence-corrected chi connectivity index (χ0v) is 28.4. The number of carbonyl (C=O) groups excluding carboxylic acids is 2. The standard InChI is InChI=1S/C36H46N2O5.C2H6/c1-7-9-10-12-15-26(3)27(4)32-20-18-29(36(40)42-6)23-33(32)38(8-2)25-30(22-28-16-13-11-14-17-28)35-37-24-31(43-35)19-21-34(39)41-5;1-2/h11,13-14,16-18,20,22-24,26H,4,7-10,12,15,19,21,25H2,1-3,5-6H3;1-2H3/b30-22+;. The molecule has 3 rings (SSSR count). The summed E-state index contributed by atoms with van der Waals surface area (Å²) in [6.07, 6.45) is 10.2. The SMILES string of the molecule is C=C(c1ccc(C(=O)OC)cc1N(CC)C/C(=C\c1ccccc1)c1ncc(CCC(=O)OC)o1)C(C)CCCCCC.CC. The van der Waals surface area contributed by atoms with Crippen LogP contribution in [0.3, 0.4) is 0 Å². The number of methoxy groups -OCH3 is 2. The van der Waals surface area contributed by atoms with Crippen LogP contribution in [0.2, 0.25) is 0 Å². The summed E-state index contributed by atoms with van der Waals surface area (Å²) < 4.78 is 16.0. The van der Waals surface area contributed by atoms with Gasteiger partial charge in [0, 0.05) is 36.3 Å². The fourth-order valence-corrected chi connectivity index (χ4v) is 5.02. The summed E-state index contributed by atoms with van der Waals surface area (Å²) in [6, 6.07) is 15.7. The molecule has 0 aliphatic heterocycles. The lowest BCUT2D eigenvalue weighted by molar-refractivity contribution is -0.140. The third-order valence-electron chi connectivity index (χ3n) is 7.71. The Morgan fingerprint density at radius 3 is 2.40 bits per heavy atom. The summed E-state index contributed by atoms with van der Waals surface area (Å²) in [7, 11) is 2.77. The number of esters is 2. The van der Waals surface area contributed by atoms with E-state index in [1.54, 1.807) is 6.20 Å². The minimum Gasteiger partial charge on any atom is -0.469 e. The van der Waals surface area contributed by atoms with Crippen LogP contribution in [-0.4, -0.2) is 44.2 Å². The molecule has 1 heterocycles. The van der Waals surface area contributed by atoms with E-state index in [0.717, 1.165) is 40.8 Å². The molecule has 244 valence electrons.